The highest BCUT2D eigenvalue weighted by Crippen LogP contribution is 2.10. The van der Waals surface area contributed by atoms with Crippen molar-refractivity contribution in [3.8, 4) is 0 Å². The third kappa shape index (κ3) is 0.980. The summed E-state index contributed by atoms with van der Waals surface area (Å²) in [5, 5.41) is 11.3. The van der Waals surface area contributed by atoms with Crippen molar-refractivity contribution in [2.75, 3.05) is 6.54 Å². The summed E-state index contributed by atoms with van der Waals surface area (Å²) in [6.45, 7) is 2.58. The topological polar surface area (TPSA) is 59.2 Å². The Morgan fingerprint density at radius 2 is 2.50 bits per heavy atom. The molecule has 2 atom stereocenters. The fraction of sp³-hybridized carbons (Fsp3) is 0.800. The highest BCUT2D eigenvalue weighted by Gasteiger charge is 2.31. The maximum Gasteiger partial charge on any atom is 0.307 e. The zero-order chi connectivity index (χ0) is 6.15. The van der Waals surface area contributed by atoms with Crippen LogP contribution in [0.3, 0.4) is 0 Å². The van der Waals surface area contributed by atoms with E-state index in [1.165, 1.54) is 0 Å². The molecule has 0 radical (unpaired) electrons. The van der Waals surface area contributed by atoms with Gasteiger partial charge < -0.3 is 10.4 Å². The van der Waals surface area contributed by atoms with E-state index >= 15 is 0 Å². The van der Waals surface area contributed by atoms with E-state index in [-0.39, 0.29) is 12.0 Å². The Morgan fingerprint density at radius 3 is 2.62 bits per heavy atom. The Balaban J connectivity index is 2.32. The standard InChI is InChI=1S/C5H9NO2/c1-3(5(7)8)4-2-6-4/h3-4,6H,2H2,1H3,(H,7,8). The molecule has 0 aromatic rings. The fourth-order valence-electron chi connectivity index (χ4n) is 0.594. The van der Waals surface area contributed by atoms with Crippen LogP contribution in [0.15, 0.2) is 0 Å². The molecule has 1 aliphatic rings. The second-order valence-electron chi connectivity index (χ2n) is 2.14. The van der Waals surface area contributed by atoms with E-state index in [2.05, 4.69) is 5.32 Å². The molecule has 2 unspecified atom stereocenters. The molecule has 0 aromatic heterocycles. The summed E-state index contributed by atoms with van der Waals surface area (Å²) in [4.78, 5) is 10.1. The second kappa shape index (κ2) is 1.74. The first-order valence-electron chi connectivity index (χ1n) is 2.68. The molecule has 3 heteroatoms. The normalized spacial score (nSPS) is 29.4. The highest BCUT2D eigenvalue weighted by molar-refractivity contribution is 5.71. The van der Waals surface area contributed by atoms with Crippen molar-refractivity contribution in [3.63, 3.8) is 0 Å². The summed E-state index contributed by atoms with van der Waals surface area (Å²) in [5.74, 6) is -0.921. The summed E-state index contributed by atoms with van der Waals surface area (Å²) in [6.07, 6.45) is 0. The number of carboxylic acids is 1. The molecular weight excluding hydrogens is 106 g/mol. The molecule has 1 heterocycles. The van der Waals surface area contributed by atoms with Gasteiger partial charge >= 0.3 is 5.97 Å². The Kier molecular flexibility index (Phi) is 1.21. The van der Waals surface area contributed by atoms with Crippen LogP contribution in [-0.2, 0) is 4.79 Å². The molecule has 0 aromatic carbocycles. The van der Waals surface area contributed by atoms with E-state index in [4.69, 9.17) is 5.11 Å². The second-order valence-corrected chi connectivity index (χ2v) is 2.14. The number of hydrogen-bond acceptors (Lipinski definition) is 2. The van der Waals surface area contributed by atoms with Gasteiger partial charge in [-0.05, 0) is 0 Å². The molecule has 2 N–H and O–H groups in total. The average Bonchev–Trinajstić information content (AvgIpc) is 2.43. The minimum Gasteiger partial charge on any atom is -0.481 e. The van der Waals surface area contributed by atoms with Crippen molar-refractivity contribution in [2.45, 2.75) is 13.0 Å². The summed E-state index contributed by atoms with van der Waals surface area (Å²) >= 11 is 0. The van der Waals surface area contributed by atoms with Gasteiger partial charge in [0.15, 0.2) is 0 Å². The van der Waals surface area contributed by atoms with Crippen LogP contribution in [0.4, 0.5) is 0 Å². The zero-order valence-corrected chi connectivity index (χ0v) is 4.72. The van der Waals surface area contributed by atoms with Gasteiger partial charge in [-0.1, -0.05) is 6.92 Å². The van der Waals surface area contributed by atoms with Crippen LogP contribution in [-0.4, -0.2) is 23.7 Å². The molecule has 1 aliphatic heterocycles. The molecule has 0 amide bonds. The number of hydrogen-bond donors (Lipinski definition) is 2. The molecule has 46 valence electrons. The van der Waals surface area contributed by atoms with Crippen LogP contribution < -0.4 is 5.32 Å². The van der Waals surface area contributed by atoms with E-state index in [1.807, 2.05) is 0 Å². The fourth-order valence-corrected chi connectivity index (χ4v) is 0.594. The number of nitrogens with one attached hydrogen (secondary N) is 1. The lowest BCUT2D eigenvalue weighted by atomic mass is 10.1. The quantitative estimate of drug-likeness (QED) is 0.485. The predicted octanol–water partition coefficient (Wildman–Crippen LogP) is -0.321. The summed E-state index contributed by atoms with van der Waals surface area (Å²) in [7, 11) is 0. The zero-order valence-electron chi connectivity index (χ0n) is 4.72. The van der Waals surface area contributed by atoms with E-state index in [0.717, 1.165) is 6.54 Å². The van der Waals surface area contributed by atoms with Gasteiger partial charge in [-0.15, -0.1) is 0 Å². The molecule has 1 fully saturated rings. The van der Waals surface area contributed by atoms with Crippen LogP contribution in [0, 0.1) is 5.92 Å². The van der Waals surface area contributed by atoms with Crippen molar-refractivity contribution >= 4 is 5.97 Å². The lowest BCUT2D eigenvalue weighted by Crippen LogP contribution is -2.17. The van der Waals surface area contributed by atoms with E-state index < -0.39 is 5.97 Å². The maximum absolute atomic E-state index is 10.1. The molecule has 8 heavy (non-hydrogen) atoms. The van der Waals surface area contributed by atoms with Gasteiger partial charge in [-0.25, -0.2) is 0 Å². The first-order chi connectivity index (χ1) is 3.72. The molecule has 1 saturated heterocycles. The van der Waals surface area contributed by atoms with Crippen molar-refractivity contribution in [1.82, 2.24) is 5.32 Å². The maximum atomic E-state index is 10.1. The van der Waals surface area contributed by atoms with Crippen LogP contribution >= 0.6 is 0 Å². The Bertz CT molecular complexity index is 109. The largest absolute Gasteiger partial charge is 0.481 e. The third-order valence-corrected chi connectivity index (χ3v) is 1.43. The highest BCUT2D eigenvalue weighted by atomic mass is 16.4. The van der Waals surface area contributed by atoms with Gasteiger partial charge in [-0.3, -0.25) is 4.79 Å². The molecule has 3 nitrogen and oxygen atoms in total. The van der Waals surface area contributed by atoms with Gasteiger partial charge in [0.25, 0.3) is 0 Å². The predicted molar refractivity (Wildman–Crippen MR) is 28.6 cm³/mol. The summed E-state index contributed by atoms with van der Waals surface area (Å²) in [6, 6.07) is 0.243. The van der Waals surface area contributed by atoms with Gasteiger partial charge in [0.1, 0.15) is 0 Å². The number of carboxylic acid groups (broad SMARTS) is 1. The number of rotatable bonds is 2. The van der Waals surface area contributed by atoms with Crippen LogP contribution in [0.2, 0.25) is 0 Å². The molecule has 0 spiro atoms. The molecule has 0 bridgehead atoms. The summed E-state index contributed by atoms with van der Waals surface area (Å²) in [5.41, 5.74) is 0. The minimum absolute atomic E-state index is 0.213. The van der Waals surface area contributed by atoms with Gasteiger partial charge in [0.05, 0.1) is 5.92 Å². The SMILES string of the molecule is CC(C(=O)O)C1CN1. The van der Waals surface area contributed by atoms with Crippen LogP contribution in [0.25, 0.3) is 0 Å². The van der Waals surface area contributed by atoms with Crippen molar-refractivity contribution in [2.24, 2.45) is 5.92 Å². The lowest BCUT2D eigenvalue weighted by Gasteiger charge is -1.98. The monoisotopic (exact) mass is 115 g/mol. The van der Waals surface area contributed by atoms with Crippen LogP contribution in [0.5, 0.6) is 0 Å². The van der Waals surface area contributed by atoms with E-state index in [1.54, 1.807) is 6.92 Å². The van der Waals surface area contributed by atoms with Crippen LogP contribution in [0.1, 0.15) is 6.92 Å². The first kappa shape index (κ1) is 5.56. The van der Waals surface area contributed by atoms with Gasteiger partial charge in [0.2, 0.25) is 0 Å². The molecule has 0 saturated carbocycles. The Labute approximate surface area is 47.7 Å². The van der Waals surface area contributed by atoms with E-state index in [0.29, 0.717) is 0 Å². The van der Waals surface area contributed by atoms with Crippen molar-refractivity contribution in [3.05, 3.63) is 0 Å². The number of carbonyl (C=O) groups is 1. The van der Waals surface area contributed by atoms with Crippen molar-refractivity contribution in [1.29, 1.82) is 0 Å². The Morgan fingerprint density at radius 1 is 2.00 bits per heavy atom. The molecular formula is C5H9NO2. The van der Waals surface area contributed by atoms with Gasteiger partial charge in [-0.2, -0.15) is 0 Å². The first-order valence-corrected chi connectivity index (χ1v) is 2.68. The van der Waals surface area contributed by atoms with Gasteiger partial charge in [0, 0.05) is 12.6 Å². The molecule has 1 rings (SSSR count). The number of aliphatic carboxylic acids is 1. The van der Waals surface area contributed by atoms with Crippen molar-refractivity contribution < 1.29 is 9.90 Å². The minimum atomic E-state index is -0.708. The smallest absolute Gasteiger partial charge is 0.307 e. The molecule has 0 aliphatic carbocycles. The summed E-state index contributed by atoms with van der Waals surface area (Å²) < 4.78 is 0. The third-order valence-electron chi connectivity index (χ3n) is 1.43. The Hall–Kier alpha value is -0.570. The van der Waals surface area contributed by atoms with E-state index in [9.17, 15) is 4.79 Å². The lowest BCUT2D eigenvalue weighted by molar-refractivity contribution is -0.141. The average molecular weight is 115 g/mol.